The molecular formula is C35H44O8. The van der Waals surface area contributed by atoms with Crippen LogP contribution in [-0.2, 0) is 19.2 Å². The predicted molar refractivity (Wildman–Crippen MR) is 160 cm³/mol. The van der Waals surface area contributed by atoms with Gasteiger partial charge in [0.2, 0.25) is 5.78 Å². The third-order valence-corrected chi connectivity index (χ3v) is 11.8. The smallest absolute Gasteiger partial charge is 0.203 e. The van der Waals surface area contributed by atoms with Crippen molar-refractivity contribution in [2.45, 2.75) is 98.5 Å². The molecule has 8 heteroatoms. The molecule has 1 aromatic rings. The molecule has 4 aliphatic carbocycles. The fourth-order valence-corrected chi connectivity index (χ4v) is 9.63. The van der Waals surface area contributed by atoms with E-state index in [1.807, 2.05) is 13.8 Å². The number of phenols is 1. The molecule has 0 aromatic heterocycles. The van der Waals surface area contributed by atoms with Gasteiger partial charge >= 0.3 is 0 Å². The van der Waals surface area contributed by atoms with Gasteiger partial charge in [0.1, 0.15) is 28.6 Å². The molecule has 8 nitrogen and oxygen atoms in total. The highest BCUT2D eigenvalue weighted by Crippen LogP contribution is 2.71. The van der Waals surface area contributed by atoms with Crippen molar-refractivity contribution in [2.24, 2.45) is 34.5 Å². The normalized spacial score (nSPS) is 34.7. The second-order valence-electron chi connectivity index (χ2n) is 14.2. The summed E-state index contributed by atoms with van der Waals surface area (Å²) in [7, 11) is 0. The molecule has 4 aliphatic rings. The fourth-order valence-electron chi connectivity index (χ4n) is 9.63. The minimum atomic E-state index is -2.78. The summed E-state index contributed by atoms with van der Waals surface area (Å²) in [4.78, 5) is 55.9. The SMILES string of the molecule is CC(=O)C1=C(O)[C@]2(O)C(=O)C3=C(O)c4c(O)ccc(C)c4[C@@H](C)[C@]3(C)[C@@H](CC(=O)C3CCCCC3)[C@]2(C)C(C(C)C)C1=O. The molecule has 0 amide bonds. The molecule has 43 heavy (non-hydrogen) atoms. The second kappa shape index (κ2) is 10.1. The zero-order valence-corrected chi connectivity index (χ0v) is 26.2. The van der Waals surface area contributed by atoms with Crippen LogP contribution in [-0.4, -0.2) is 49.2 Å². The van der Waals surface area contributed by atoms with Gasteiger partial charge in [-0.05, 0) is 61.6 Å². The first-order chi connectivity index (χ1) is 20.0. The fraction of sp³-hybridized carbons (Fsp3) is 0.600. The standard InChI is InChI=1S/C35H44O8/c1-16(2)27-29(39)25(19(5)36)31(41)35(43)32(42)28-30(40)26-21(37)14-13-17(3)24(26)18(4)33(28,6)23(34(27,35)7)15-22(38)20-11-9-8-10-12-20/h13-14,16,18,20,23,27,37,40-41,43H,8-12,15H2,1-7H3/t18-,23-,27?,33-,34-,35+/m1/s1. The molecule has 232 valence electrons. The Balaban J connectivity index is 1.91. The summed E-state index contributed by atoms with van der Waals surface area (Å²) in [5.74, 6) is -7.55. The summed E-state index contributed by atoms with van der Waals surface area (Å²) in [6.07, 6.45) is 4.25. The number of carbonyl (C=O) groups excluding carboxylic acids is 4. The maximum absolute atomic E-state index is 14.8. The van der Waals surface area contributed by atoms with Gasteiger partial charge in [0.25, 0.3) is 0 Å². The lowest BCUT2D eigenvalue weighted by Gasteiger charge is -2.65. The Hall–Kier alpha value is -3.26. The first-order valence-electron chi connectivity index (χ1n) is 15.5. The highest BCUT2D eigenvalue weighted by Gasteiger charge is 2.77. The predicted octanol–water partition coefficient (Wildman–Crippen LogP) is 5.82. The van der Waals surface area contributed by atoms with Crippen molar-refractivity contribution in [1.29, 1.82) is 0 Å². The van der Waals surface area contributed by atoms with Crippen molar-refractivity contribution < 1.29 is 39.6 Å². The maximum Gasteiger partial charge on any atom is 0.203 e. The number of ketones is 4. The Kier molecular flexibility index (Phi) is 7.36. The first-order valence-corrected chi connectivity index (χ1v) is 15.5. The first kappa shape index (κ1) is 31.2. The lowest BCUT2D eigenvalue weighted by molar-refractivity contribution is -0.200. The number of benzene rings is 1. The monoisotopic (exact) mass is 592 g/mol. The molecule has 1 unspecified atom stereocenters. The number of aryl methyl sites for hydroxylation is 1. The average molecular weight is 593 g/mol. The molecule has 2 saturated carbocycles. The third kappa shape index (κ3) is 3.84. The van der Waals surface area contributed by atoms with Crippen LogP contribution in [0.25, 0.3) is 5.76 Å². The van der Waals surface area contributed by atoms with Crippen LogP contribution in [0.15, 0.2) is 29.0 Å². The van der Waals surface area contributed by atoms with E-state index in [4.69, 9.17) is 0 Å². The van der Waals surface area contributed by atoms with Gasteiger partial charge < -0.3 is 20.4 Å². The van der Waals surface area contributed by atoms with Crippen molar-refractivity contribution in [3.05, 3.63) is 45.7 Å². The van der Waals surface area contributed by atoms with Crippen LogP contribution in [0.3, 0.4) is 0 Å². The number of hydrogen-bond donors (Lipinski definition) is 4. The Morgan fingerprint density at radius 3 is 2.19 bits per heavy atom. The lowest BCUT2D eigenvalue weighted by Crippen LogP contribution is -2.73. The van der Waals surface area contributed by atoms with Crippen molar-refractivity contribution >= 4 is 28.9 Å². The molecule has 0 bridgehead atoms. The number of aliphatic hydroxyl groups excluding tert-OH is 2. The van der Waals surface area contributed by atoms with E-state index in [1.54, 1.807) is 33.8 Å². The van der Waals surface area contributed by atoms with Gasteiger partial charge in [0.05, 0.1) is 5.56 Å². The van der Waals surface area contributed by atoms with E-state index in [0.717, 1.165) is 44.6 Å². The molecule has 0 saturated heterocycles. The van der Waals surface area contributed by atoms with Crippen LogP contribution in [0.5, 0.6) is 5.75 Å². The number of rotatable bonds is 5. The average Bonchev–Trinajstić information content (AvgIpc) is 2.93. The number of allylic oxidation sites excluding steroid dienone is 1. The Morgan fingerprint density at radius 1 is 1.02 bits per heavy atom. The molecule has 4 N–H and O–H groups in total. The number of hydrogen-bond acceptors (Lipinski definition) is 8. The van der Waals surface area contributed by atoms with Crippen molar-refractivity contribution in [1.82, 2.24) is 0 Å². The van der Waals surface area contributed by atoms with Gasteiger partial charge in [0, 0.05) is 34.7 Å². The largest absolute Gasteiger partial charge is 0.508 e. The molecule has 0 heterocycles. The maximum atomic E-state index is 14.8. The molecule has 0 radical (unpaired) electrons. The number of phenolic OH excluding ortho intramolecular Hbond substituents is 1. The van der Waals surface area contributed by atoms with Gasteiger partial charge in [-0.2, -0.15) is 0 Å². The zero-order chi connectivity index (χ0) is 32.0. The van der Waals surface area contributed by atoms with E-state index < -0.39 is 74.5 Å². The Morgan fingerprint density at radius 2 is 1.63 bits per heavy atom. The number of fused-ring (bicyclic) bond motifs is 3. The number of aromatic hydroxyl groups is 1. The molecule has 5 rings (SSSR count). The van der Waals surface area contributed by atoms with Crippen LogP contribution in [0, 0.1) is 41.4 Å². The van der Waals surface area contributed by atoms with E-state index in [9.17, 15) is 39.6 Å². The minimum absolute atomic E-state index is 0.0379. The summed E-state index contributed by atoms with van der Waals surface area (Å²) in [6, 6.07) is 3.15. The van der Waals surface area contributed by atoms with Crippen molar-refractivity contribution in [3.8, 4) is 5.75 Å². The van der Waals surface area contributed by atoms with Gasteiger partial charge in [-0.1, -0.05) is 59.9 Å². The number of carbonyl (C=O) groups is 4. The molecule has 0 aliphatic heterocycles. The molecular weight excluding hydrogens is 548 g/mol. The van der Waals surface area contributed by atoms with E-state index >= 15 is 0 Å². The van der Waals surface area contributed by atoms with E-state index in [1.165, 1.54) is 6.07 Å². The number of Topliss-reactive ketones (excluding diaryl/α,β-unsaturated/α-hetero) is 4. The van der Waals surface area contributed by atoms with Crippen LogP contribution in [0.2, 0.25) is 0 Å². The highest BCUT2D eigenvalue weighted by atomic mass is 16.3. The van der Waals surface area contributed by atoms with Gasteiger partial charge in [-0.3, -0.25) is 19.2 Å². The van der Waals surface area contributed by atoms with E-state index in [2.05, 4.69) is 0 Å². The Labute approximate surface area is 252 Å². The third-order valence-electron chi connectivity index (χ3n) is 11.8. The highest BCUT2D eigenvalue weighted by molar-refractivity contribution is 6.24. The van der Waals surface area contributed by atoms with Crippen molar-refractivity contribution in [2.75, 3.05) is 0 Å². The summed E-state index contributed by atoms with van der Waals surface area (Å²) in [5.41, 5.74) is -5.18. The summed E-state index contributed by atoms with van der Waals surface area (Å²) < 4.78 is 0. The van der Waals surface area contributed by atoms with Gasteiger partial charge in [-0.15, -0.1) is 0 Å². The molecule has 0 spiro atoms. The van der Waals surface area contributed by atoms with Gasteiger partial charge in [0.15, 0.2) is 17.2 Å². The van der Waals surface area contributed by atoms with Crippen LogP contribution >= 0.6 is 0 Å². The van der Waals surface area contributed by atoms with E-state index in [0.29, 0.717) is 5.56 Å². The molecule has 2 fully saturated rings. The lowest BCUT2D eigenvalue weighted by atomic mass is 9.37. The van der Waals surface area contributed by atoms with Crippen LogP contribution < -0.4 is 0 Å². The zero-order valence-electron chi connectivity index (χ0n) is 26.2. The van der Waals surface area contributed by atoms with Gasteiger partial charge in [-0.25, -0.2) is 0 Å². The summed E-state index contributed by atoms with van der Waals surface area (Å²) in [6.45, 7) is 11.7. The van der Waals surface area contributed by atoms with E-state index in [-0.39, 0.29) is 35.0 Å². The number of aliphatic hydroxyl groups is 3. The minimum Gasteiger partial charge on any atom is -0.508 e. The second-order valence-corrected chi connectivity index (χ2v) is 14.2. The summed E-state index contributed by atoms with van der Waals surface area (Å²) >= 11 is 0. The van der Waals surface area contributed by atoms with Crippen LogP contribution in [0.1, 0.15) is 103 Å². The van der Waals surface area contributed by atoms with Crippen LogP contribution in [0.4, 0.5) is 0 Å². The topological polar surface area (TPSA) is 149 Å². The molecule has 6 atom stereocenters. The molecule has 1 aromatic carbocycles. The Bertz CT molecular complexity index is 1510. The quantitative estimate of drug-likeness (QED) is 0.312. The van der Waals surface area contributed by atoms with Crippen molar-refractivity contribution in [3.63, 3.8) is 0 Å². The summed E-state index contributed by atoms with van der Waals surface area (Å²) in [5, 5.41) is 47.1.